The van der Waals surface area contributed by atoms with E-state index < -0.39 is 17.8 Å². The van der Waals surface area contributed by atoms with Gasteiger partial charge in [0, 0.05) is 36.5 Å². The fourth-order valence-corrected chi connectivity index (χ4v) is 4.69. The number of hydrogen-bond donors (Lipinski definition) is 3. The molecule has 3 N–H and O–H groups in total. The Labute approximate surface area is 206 Å². The predicted octanol–water partition coefficient (Wildman–Crippen LogP) is 4.48. The first kappa shape index (κ1) is 24.7. The maximum absolute atomic E-state index is 13.2. The number of benzene rings is 2. The minimum atomic E-state index is -4.44. The van der Waals surface area contributed by atoms with E-state index in [4.69, 9.17) is 12.2 Å². The molecule has 0 radical (unpaired) electrons. The fourth-order valence-electron chi connectivity index (χ4n) is 4.50. The lowest BCUT2D eigenvalue weighted by Gasteiger charge is -2.32. The van der Waals surface area contributed by atoms with Crippen molar-refractivity contribution in [2.45, 2.75) is 52.0 Å². The van der Waals surface area contributed by atoms with E-state index in [1.165, 1.54) is 13.0 Å². The van der Waals surface area contributed by atoms with Crippen LogP contribution in [0, 0.1) is 6.92 Å². The number of allylic oxidation sites excluding steroid dienone is 1. The zero-order valence-electron chi connectivity index (χ0n) is 19.3. The number of aryl methyl sites for hydroxylation is 1. The van der Waals surface area contributed by atoms with Crippen molar-refractivity contribution < 1.29 is 22.8 Å². The maximum atomic E-state index is 13.2. The molecule has 2 heterocycles. The summed E-state index contributed by atoms with van der Waals surface area (Å²) in [6.45, 7) is 4.25. The lowest BCUT2D eigenvalue weighted by molar-refractivity contribution is -0.138. The van der Waals surface area contributed by atoms with Crippen molar-refractivity contribution in [3.05, 3.63) is 70.3 Å². The first-order chi connectivity index (χ1) is 16.6. The van der Waals surface area contributed by atoms with Gasteiger partial charge in [0.15, 0.2) is 5.11 Å². The van der Waals surface area contributed by atoms with Crippen LogP contribution in [0.25, 0.3) is 5.70 Å². The second-order valence-corrected chi connectivity index (χ2v) is 9.00. The molecule has 1 atom stereocenters. The molecule has 4 rings (SSSR count). The molecule has 0 bridgehead atoms. The number of halogens is 3. The number of alkyl halides is 3. The molecular formula is C25H25F3N4O2S. The van der Waals surface area contributed by atoms with E-state index in [1.54, 1.807) is 6.07 Å². The van der Waals surface area contributed by atoms with Crippen molar-refractivity contribution in [1.29, 1.82) is 0 Å². The SMILES string of the molecule is CC=C1c2ccc(CNC(=S)Nc3ccc(C)c(C(F)(F)F)c3)cc2CN1C1CCC(=O)NC1=O. The molecule has 2 amide bonds. The zero-order valence-corrected chi connectivity index (χ0v) is 20.1. The van der Waals surface area contributed by atoms with E-state index in [0.29, 0.717) is 25.9 Å². The number of carbonyl (C=O) groups excluding carboxylic acids is 2. The highest BCUT2D eigenvalue weighted by Gasteiger charge is 2.36. The summed E-state index contributed by atoms with van der Waals surface area (Å²) in [4.78, 5) is 25.9. The molecule has 2 aromatic carbocycles. The number of thiocarbonyl (C=S) groups is 1. The summed E-state index contributed by atoms with van der Waals surface area (Å²) < 4.78 is 39.5. The fraction of sp³-hybridized carbons (Fsp3) is 0.320. The van der Waals surface area contributed by atoms with E-state index in [1.807, 2.05) is 36.1 Å². The second-order valence-electron chi connectivity index (χ2n) is 8.60. The van der Waals surface area contributed by atoms with Gasteiger partial charge < -0.3 is 15.5 Å². The maximum Gasteiger partial charge on any atom is 0.416 e. The number of fused-ring (bicyclic) bond motifs is 1. The Hall–Kier alpha value is -3.40. The van der Waals surface area contributed by atoms with Crippen molar-refractivity contribution in [3.63, 3.8) is 0 Å². The molecular weight excluding hydrogens is 477 g/mol. The topological polar surface area (TPSA) is 73.5 Å². The van der Waals surface area contributed by atoms with Crippen LogP contribution in [0.4, 0.5) is 18.9 Å². The molecule has 184 valence electrons. The predicted molar refractivity (Wildman–Crippen MR) is 131 cm³/mol. The van der Waals surface area contributed by atoms with Gasteiger partial charge in [0.25, 0.3) is 0 Å². The van der Waals surface area contributed by atoms with Crippen LogP contribution in [0.5, 0.6) is 0 Å². The molecule has 1 unspecified atom stereocenters. The number of imide groups is 1. The lowest BCUT2D eigenvalue weighted by atomic mass is 10.0. The number of anilines is 1. The van der Waals surface area contributed by atoms with Crippen LogP contribution in [0.2, 0.25) is 0 Å². The average Bonchev–Trinajstić information content (AvgIpc) is 3.15. The number of amides is 2. The van der Waals surface area contributed by atoms with Gasteiger partial charge in [0.2, 0.25) is 11.8 Å². The standard InChI is InChI=1S/C25H25F3N4O2S/c1-3-20-18-7-5-15(10-16(18)13-32(20)21-8-9-22(33)31-23(21)34)12-29-24(35)30-17-6-4-14(2)19(11-17)25(26,27)28/h3-7,10-11,21H,8-9,12-13H2,1-2H3,(H2,29,30,35)(H,31,33,34). The third kappa shape index (κ3) is 5.32. The molecule has 2 aromatic rings. The number of hydrogen-bond acceptors (Lipinski definition) is 4. The summed E-state index contributed by atoms with van der Waals surface area (Å²) in [6.07, 6.45) is -1.69. The third-order valence-electron chi connectivity index (χ3n) is 6.21. The summed E-state index contributed by atoms with van der Waals surface area (Å²) in [5.74, 6) is -0.528. The Morgan fingerprint density at radius 2 is 2.00 bits per heavy atom. The van der Waals surface area contributed by atoms with Gasteiger partial charge in [0.1, 0.15) is 6.04 Å². The Morgan fingerprint density at radius 3 is 2.69 bits per heavy atom. The highest BCUT2D eigenvalue weighted by atomic mass is 32.1. The van der Waals surface area contributed by atoms with Gasteiger partial charge in [-0.25, -0.2) is 0 Å². The Kier molecular flexibility index (Phi) is 6.84. The van der Waals surface area contributed by atoms with Gasteiger partial charge in [-0.1, -0.05) is 30.3 Å². The van der Waals surface area contributed by atoms with Gasteiger partial charge in [-0.2, -0.15) is 13.2 Å². The summed E-state index contributed by atoms with van der Waals surface area (Å²) in [5, 5.41) is 8.47. The minimum Gasteiger partial charge on any atom is -0.358 e. The van der Waals surface area contributed by atoms with Crippen LogP contribution in [0.1, 0.15) is 47.6 Å². The van der Waals surface area contributed by atoms with Crippen molar-refractivity contribution in [2.75, 3.05) is 5.32 Å². The number of nitrogens with zero attached hydrogens (tertiary/aromatic N) is 1. The van der Waals surface area contributed by atoms with E-state index >= 15 is 0 Å². The number of rotatable bonds is 4. The van der Waals surface area contributed by atoms with E-state index in [9.17, 15) is 22.8 Å². The van der Waals surface area contributed by atoms with Crippen molar-refractivity contribution in [1.82, 2.24) is 15.5 Å². The molecule has 0 saturated carbocycles. The first-order valence-corrected chi connectivity index (χ1v) is 11.6. The van der Waals surface area contributed by atoms with Crippen LogP contribution in [0.15, 0.2) is 42.5 Å². The number of piperidine rings is 1. The lowest BCUT2D eigenvalue weighted by Crippen LogP contribution is -2.50. The Bertz CT molecular complexity index is 1230. The molecule has 2 aliphatic heterocycles. The van der Waals surface area contributed by atoms with Gasteiger partial charge in [-0.15, -0.1) is 0 Å². The van der Waals surface area contributed by atoms with Crippen LogP contribution in [0.3, 0.4) is 0 Å². The van der Waals surface area contributed by atoms with Crippen molar-refractivity contribution >= 4 is 40.5 Å². The quantitative estimate of drug-likeness (QED) is 0.423. The highest BCUT2D eigenvalue weighted by molar-refractivity contribution is 7.80. The van der Waals surface area contributed by atoms with Gasteiger partial charge in [-0.3, -0.25) is 14.9 Å². The van der Waals surface area contributed by atoms with E-state index in [0.717, 1.165) is 28.5 Å². The summed E-state index contributed by atoms with van der Waals surface area (Å²) in [7, 11) is 0. The highest BCUT2D eigenvalue weighted by Crippen LogP contribution is 2.37. The monoisotopic (exact) mass is 502 g/mol. The largest absolute Gasteiger partial charge is 0.416 e. The molecule has 1 fully saturated rings. The van der Waals surface area contributed by atoms with Crippen molar-refractivity contribution in [3.8, 4) is 0 Å². The van der Waals surface area contributed by atoms with E-state index in [2.05, 4.69) is 16.0 Å². The van der Waals surface area contributed by atoms with Gasteiger partial charge >= 0.3 is 6.18 Å². The molecule has 0 aliphatic carbocycles. The normalized spacial score (nSPS) is 18.9. The Balaban J connectivity index is 1.41. The van der Waals surface area contributed by atoms with Crippen LogP contribution < -0.4 is 16.0 Å². The van der Waals surface area contributed by atoms with Crippen molar-refractivity contribution in [2.24, 2.45) is 0 Å². The number of nitrogens with one attached hydrogen (secondary N) is 3. The molecule has 35 heavy (non-hydrogen) atoms. The Morgan fingerprint density at radius 1 is 1.23 bits per heavy atom. The summed E-state index contributed by atoms with van der Waals surface area (Å²) in [5.41, 5.74) is 3.66. The minimum absolute atomic E-state index is 0.145. The molecule has 10 heteroatoms. The average molecular weight is 503 g/mol. The van der Waals surface area contributed by atoms with E-state index in [-0.39, 0.29) is 28.2 Å². The van der Waals surface area contributed by atoms with Crippen LogP contribution in [-0.2, 0) is 28.9 Å². The third-order valence-corrected chi connectivity index (χ3v) is 6.46. The number of carbonyl (C=O) groups is 2. The summed E-state index contributed by atoms with van der Waals surface area (Å²) in [6, 6.07) is 9.55. The first-order valence-electron chi connectivity index (χ1n) is 11.2. The molecule has 6 nitrogen and oxygen atoms in total. The molecule has 0 aromatic heterocycles. The zero-order chi connectivity index (χ0) is 25.3. The van der Waals surface area contributed by atoms with Crippen LogP contribution in [-0.4, -0.2) is 27.9 Å². The smallest absolute Gasteiger partial charge is 0.358 e. The second kappa shape index (κ2) is 9.69. The molecule has 2 aliphatic rings. The van der Waals surface area contributed by atoms with Crippen LogP contribution >= 0.6 is 12.2 Å². The molecule has 1 saturated heterocycles. The van der Waals surface area contributed by atoms with Gasteiger partial charge in [0.05, 0.1) is 5.56 Å². The van der Waals surface area contributed by atoms with Gasteiger partial charge in [-0.05, 0) is 61.3 Å². The molecule has 0 spiro atoms. The summed E-state index contributed by atoms with van der Waals surface area (Å²) >= 11 is 5.28.